The second kappa shape index (κ2) is 4.02. The fourth-order valence-electron chi connectivity index (χ4n) is 1.55. The Kier molecular flexibility index (Phi) is 2.73. The Balaban J connectivity index is 2.73. The molecule has 0 aliphatic carbocycles. The minimum absolute atomic E-state index is 0.468. The summed E-state index contributed by atoms with van der Waals surface area (Å²) in [6, 6.07) is 7.36. The molecule has 0 aliphatic rings. The third kappa shape index (κ3) is 1.75. The first-order chi connectivity index (χ1) is 7.26. The van der Waals surface area contributed by atoms with Crippen LogP contribution < -0.4 is 0 Å². The van der Waals surface area contributed by atoms with E-state index in [-0.39, 0.29) is 0 Å². The van der Waals surface area contributed by atoms with Crippen LogP contribution in [0.3, 0.4) is 0 Å². The van der Waals surface area contributed by atoms with Crippen LogP contribution in [-0.4, -0.2) is 24.4 Å². The smallest absolute Gasteiger partial charge is 0.333 e. The Morgan fingerprint density at radius 3 is 2.73 bits per heavy atom. The van der Waals surface area contributed by atoms with E-state index in [9.17, 15) is 9.59 Å². The zero-order valence-corrected chi connectivity index (χ0v) is 9.27. The average molecular weight is 263 g/mol. The highest BCUT2D eigenvalue weighted by molar-refractivity contribution is 9.10. The van der Waals surface area contributed by atoms with Crippen LogP contribution in [0.2, 0.25) is 0 Å². The number of nitrogens with zero attached hydrogens (tertiary/aromatic N) is 1. The van der Waals surface area contributed by atoms with Gasteiger partial charge in [-0.1, -0.05) is 15.9 Å². The molecule has 5 heteroatoms. The summed E-state index contributed by atoms with van der Waals surface area (Å²) in [7, 11) is 1.33. The Bertz CT molecular complexity index is 535. The molecule has 15 heavy (non-hydrogen) atoms. The molecule has 1 heterocycles. The maximum absolute atomic E-state index is 10.8. The van der Waals surface area contributed by atoms with E-state index in [0.717, 1.165) is 21.7 Å². The van der Waals surface area contributed by atoms with E-state index in [0.29, 0.717) is 11.9 Å². The summed E-state index contributed by atoms with van der Waals surface area (Å²) < 4.78 is 2.51. The molecule has 1 aromatic heterocycles. The summed E-state index contributed by atoms with van der Waals surface area (Å²) in [6.45, 7) is 0. The largest absolute Gasteiger partial charge is 0.379 e. The molecule has 0 unspecified atom stereocenters. The summed E-state index contributed by atoms with van der Waals surface area (Å²) in [6.07, 6.45) is 1.39. The number of rotatable bonds is 3. The van der Waals surface area contributed by atoms with Crippen molar-refractivity contribution in [3.8, 4) is 0 Å². The predicted octanol–water partition coefficient (Wildman–Crippen LogP) is 1.87. The lowest BCUT2D eigenvalue weighted by Crippen LogP contribution is -2.10. The first-order valence-electron chi connectivity index (χ1n) is 4.30. The Morgan fingerprint density at radius 1 is 1.27 bits per heavy atom. The van der Waals surface area contributed by atoms with E-state index < -0.39 is 0 Å². The first kappa shape index (κ1) is 10.2. The quantitative estimate of drug-likeness (QED) is 0.626. The number of carbonyl (C=O) groups is 2. The van der Waals surface area contributed by atoms with Crippen molar-refractivity contribution in [2.45, 2.75) is 0 Å². The zero-order chi connectivity index (χ0) is 10.8. The Hall–Kier alpha value is -1.36. The van der Waals surface area contributed by atoms with Crippen molar-refractivity contribution in [3.05, 3.63) is 34.4 Å². The van der Waals surface area contributed by atoms with E-state index in [1.54, 1.807) is 10.5 Å². The van der Waals surface area contributed by atoms with Crippen LogP contribution >= 0.6 is 15.9 Å². The normalized spacial score (nSPS) is 10.2. The third-order valence-corrected chi connectivity index (χ3v) is 2.65. The molecule has 0 amide bonds. The number of benzene rings is 1. The van der Waals surface area contributed by atoms with Crippen molar-refractivity contribution in [1.29, 1.82) is 0 Å². The van der Waals surface area contributed by atoms with Crippen molar-refractivity contribution < 1.29 is 9.59 Å². The van der Waals surface area contributed by atoms with Gasteiger partial charge in [0, 0.05) is 15.4 Å². The Morgan fingerprint density at radius 2 is 2.07 bits per heavy atom. The molecule has 2 aromatic rings. The molecule has 0 saturated heterocycles. The molecule has 0 aliphatic heterocycles. The van der Waals surface area contributed by atoms with E-state index in [2.05, 4.69) is 15.9 Å². The number of hydrogen-bond acceptors (Lipinski definition) is 2. The number of fused-ring (bicyclic) bond motifs is 1. The van der Waals surface area contributed by atoms with E-state index in [1.807, 2.05) is 18.2 Å². The molecule has 1 radical (unpaired) electrons. The standard InChI is InChI=1S/C10H6BBrNO2/c12-8-1-2-10-7(3-8)4-9(5-14)13(10)11-6-15/h1-6H. The fraction of sp³-hybridized carbons (Fsp3) is 0. The molecule has 0 N–H and O–H groups in total. The second-order valence-electron chi connectivity index (χ2n) is 3.05. The van der Waals surface area contributed by atoms with Crippen LogP contribution in [0.15, 0.2) is 28.7 Å². The molecule has 0 bridgehead atoms. The molecule has 0 spiro atoms. The summed E-state index contributed by atoms with van der Waals surface area (Å²) in [5, 5.41) is 0.921. The summed E-state index contributed by atoms with van der Waals surface area (Å²) in [5.41, 5.74) is 1.31. The lowest BCUT2D eigenvalue weighted by Gasteiger charge is -2.00. The van der Waals surface area contributed by atoms with Crippen LogP contribution in [0.1, 0.15) is 10.5 Å². The van der Waals surface area contributed by atoms with Gasteiger partial charge in [-0.2, -0.15) is 0 Å². The van der Waals surface area contributed by atoms with Gasteiger partial charge in [-0.25, -0.2) is 0 Å². The maximum Gasteiger partial charge on any atom is 0.333 e. The molecule has 2 rings (SSSR count). The van der Waals surface area contributed by atoms with Gasteiger partial charge in [0.05, 0.1) is 5.69 Å². The molecule has 3 nitrogen and oxygen atoms in total. The maximum atomic E-state index is 10.8. The van der Waals surface area contributed by atoms with Crippen molar-refractivity contribution in [3.63, 3.8) is 0 Å². The molecule has 73 valence electrons. The fourth-order valence-corrected chi connectivity index (χ4v) is 1.93. The number of aldehydes is 1. The van der Waals surface area contributed by atoms with Gasteiger partial charge in [-0.15, -0.1) is 0 Å². The van der Waals surface area contributed by atoms with Crippen LogP contribution in [0.5, 0.6) is 0 Å². The van der Waals surface area contributed by atoms with Crippen molar-refractivity contribution in [2.75, 3.05) is 0 Å². The predicted molar refractivity (Wildman–Crippen MR) is 62.9 cm³/mol. The van der Waals surface area contributed by atoms with Gasteiger partial charge in [0.25, 0.3) is 0 Å². The van der Waals surface area contributed by atoms with E-state index in [1.165, 1.54) is 7.41 Å². The highest BCUT2D eigenvalue weighted by Gasteiger charge is 2.08. The zero-order valence-electron chi connectivity index (χ0n) is 7.68. The molecular formula is C10H6BBrNO2. The summed E-state index contributed by atoms with van der Waals surface area (Å²) >= 11 is 3.35. The first-order valence-corrected chi connectivity index (χ1v) is 5.10. The van der Waals surface area contributed by atoms with Crippen LogP contribution in [0.4, 0.5) is 0 Å². The lowest BCUT2D eigenvalue weighted by atomic mass is 9.97. The van der Waals surface area contributed by atoms with Crippen molar-refractivity contribution in [1.82, 2.24) is 4.48 Å². The van der Waals surface area contributed by atoms with Gasteiger partial charge < -0.3 is 9.27 Å². The van der Waals surface area contributed by atoms with E-state index >= 15 is 0 Å². The number of carbonyl (C=O) groups excluding carboxylic acids is 2. The van der Waals surface area contributed by atoms with Crippen LogP contribution in [0, 0.1) is 0 Å². The lowest BCUT2D eigenvalue weighted by molar-refractivity contribution is 0.111. The number of aromatic nitrogens is 1. The molecule has 0 fully saturated rings. The molecule has 1 aromatic carbocycles. The number of halogens is 1. The summed E-state index contributed by atoms with van der Waals surface area (Å²) in [4.78, 5) is 21.2. The minimum Gasteiger partial charge on any atom is -0.379 e. The van der Waals surface area contributed by atoms with Crippen LogP contribution in [-0.2, 0) is 4.79 Å². The van der Waals surface area contributed by atoms with E-state index in [4.69, 9.17) is 0 Å². The average Bonchev–Trinajstić information content (AvgIpc) is 2.56. The third-order valence-electron chi connectivity index (χ3n) is 2.16. The SMILES string of the molecule is O=C[B]n1c(C=O)cc2cc(Br)ccc21. The van der Waals surface area contributed by atoms with Gasteiger partial charge in [0.15, 0.2) is 6.29 Å². The van der Waals surface area contributed by atoms with Crippen molar-refractivity contribution >= 4 is 46.7 Å². The molecular weight excluding hydrogens is 257 g/mol. The molecule has 0 saturated carbocycles. The van der Waals surface area contributed by atoms with Gasteiger partial charge in [-0.3, -0.25) is 4.79 Å². The topological polar surface area (TPSA) is 39.1 Å². The monoisotopic (exact) mass is 262 g/mol. The second-order valence-corrected chi connectivity index (χ2v) is 3.96. The summed E-state index contributed by atoms with van der Waals surface area (Å²) in [5.74, 6) is 0. The van der Waals surface area contributed by atoms with Crippen LogP contribution in [0.25, 0.3) is 10.9 Å². The van der Waals surface area contributed by atoms with Gasteiger partial charge in [0.2, 0.25) is 0 Å². The molecule has 0 atom stereocenters. The minimum atomic E-state index is 0.468. The van der Waals surface area contributed by atoms with Gasteiger partial charge in [-0.05, 0) is 24.3 Å². The van der Waals surface area contributed by atoms with Gasteiger partial charge in [0.1, 0.15) is 6.19 Å². The van der Waals surface area contributed by atoms with Gasteiger partial charge >= 0.3 is 7.41 Å². The number of hydrogen-bond donors (Lipinski definition) is 0. The Labute approximate surface area is 95.5 Å². The highest BCUT2D eigenvalue weighted by Crippen LogP contribution is 2.22. The van der Waals surface area contributed by atoms with Crippen molar-refractivity contribution in [2.24, 2.45) is 0 Å². The highest BCUT2D eigenvalue weighted by atomic mass is 79.9.